The van der Waals surface area contributed by atoms with Gasteiger partial charge in [0.2, 0.25) is 0 Å². The van der Waals surface area contributed by atoms with E-state index in [1.807, 2.05) is 12.2 Å². The van der Waals surface area contributed by atoms with Crippen LogP contribution in [0.2, 0.25) is 0 Å². The number of alkyl halides is 2. The molecule has 0 aromatic heterocycles. The van der Waals surface area contributed by atoms with Crippen molar-refractivity contribution in [1.82, 2.24) is 5.32 Å². The van der Waals surface area contributed by atoms with E-state index in [-0.39, 0.29) is 5.92 Å². The van der Waals surface area contributed by atoms with Crippen LogP contribution in [0.1, 0.15) is 12.8 Å². The second kappa shape index (κ2) is 4.50. The van der Waals surface area contributed by atoms with Gasteiger partial charge in [0.1, 0.15) is 0 Å². The maximum absolute atomic E-state index is 12.5. The Balaban J connectivity index is 2.20. The molecule has 1 unspecified atom stereocenters. The van der Waals surface area contributed by atoms with Crippen LogP contribution in [0.25, 0.3) is 0 Å². The highest BCUT2D eigenvalue weighted by molar-refractivity contribution is 5.75. The molecular weight excluding hydrogens is 192 g/mol. The first-order chi connectivity index (χ1) is 6.52. The van der Waals surface area contributed by atoms with Gasteiger partial charge in [0.05, 0.1) is 6.54 Å². The molecule has 14 heavy (non-hydrogen) atoms. The number of halogens is 2. The molecule has 80 valence electrons. The van der Waals surface area contributed by atoms with Crippen LogP contribution in [0.4, 0.5) is 8.78 Å². The first-order valence-electron chi connectivity index (χ1n) is 4.51. The van der Waals surface area contributed by atoms with Gasteiger partial charge in [-0.25, -0.2) is 4.79 Å². The van der Waals surface area contributed by atoms with E-state index in [1.54, 1.807) is 0 Å². The topological polar surface area (TPSA) is 49.3 Å². The zero-order valence-corrected chi connectivity index (χ0v) is 7.67. The standard InChI is InChI=1S/C9H13F2NO2/c10-9(11,8(13)14)6-12-5-7-3-1-2-4-7/h1,3,7,12H,2,4-6H2,(H,13,14). The summed E-state index contributed by atoms with van der Waals surface area (Å²) >= 11 is 0. The van der Waals surface area contributed by atoms with Crippen LogP contribution in [-0.2, 0) is 4.79 Å². The normalized spacial score (nSPS) is 21.4. The third-order valence-electron chi connectivity index (χ3n) is 2.18. The quantitative estimate of drug-likeness (QED) is 0.664. The predicted octanol–water partition coefficient (Wildman–Crippen LogP) is 1.26. The number of hydrogen-bond acceptors (Lipinski definition) is 2. The van der Waals surface area contributed by atoms with Gasteiger partial charge in [-0.3, -0.25) is 0 Å². The number of allylic oxidation sites excluding steroid dienone is 1. The van der Waals surface area contributed by atoms with Gasteiger partial charge in [-0.05, 0) is 18.8 Å². The second-order valence-electron chi connectivity index (χ2n) is 3.41. The largest absolute Gasteiger partial charge is 0.477 e. The van der Waals surface area contributed by atoms with E-state index < -0.39 is 18.4 Å². The Hall–Kier alpha value is -0.970. The van der Waals surface area contributed by atoms with Crippen LogP contribution < -0.4 is 5.32 Å². The Morgan fingerprint density at radius 1 is 1.64 bits per heavy atom. The second-order valence-corrected chi connectivity index (χ2v) is 3.41. The zero-order chi connectivity index (χ0) is 10.6. The van der Waals surface area contributed by atoms with Gasteiger partial charge in [-0.1, -0.05) is 12.2 Å². The molecule has 1 rings (SSSR count). The van der Waals surface area contributed by atoms with Crippen molar-refractivity contribution in [3.8, 4) is 0 Å². The summed E-state index contributed by atoms with van der Waals surface area (Å²) in [5, 5.41) is 10.6. The van der Waals surface area contributed by atoms with Gasteiger partial charge < -0.3 is 10.4 Å². The molecule has 3 nitrogen and oxygen atoms in total. The SMILES string of the molecule is O=C(O)C(F)(F)CNCC1C=CCC1. The van der Waals surface area contributed by atoms with Crippen LogP contribution in [0, 0.1) is 5.92 Å². The molecule has 0 bridgehead atoms. The molecule has 0 fully saturated rings. The maximum Gasteiger partial charge on any atom is 0.375 e. The fourth-order valence-corrected chi connectivity index (χ4v) is 1.36. The molecule has 0 aliphatic heterocycles. The minimum Gasteiger partial charge on any atom is -0.477 e. The summed E-state index contributed by atoms with van der Waals surface area (Å²) in [5.74, 6) is -5.48. The number of carboxylic acid groups (broad SMARTS) is 1. The van der Waals surface area contributed by atoms with Gasteiger partial charge in [0.25, 0.3) is 0 Å². The lowest BCUT2D eigenvalue weighted by Gasteiger charge is -2.14. The maximum atomic E-state index is 12.5. The molecule has 1 atom stereocenters. The lowest BCUT2D eigenvalue weighted by Crippen LogP contribution is -2.41. The Morgan fingerprint density at radius 3 is 2.86 bits per heavy atom. The molecule has 0 radical (unpaired) electrons. The number of rotatable bonds is 5. The van der Waals surface area contributed by atoms with E-state index in [2.05, 4.69) is 5.32 Å². The van der Waals surface area contributed by atoms with Crippen molar-refractivity contribution in [3.63, 3.8) is 0 Å². The van der Waals surface area contributed by atoms with Crippen molar-refractivity contribution in [2.45, 2.75) is 18.8 Å². The van der Waals surface area contributed by atoms with E-state index in [0.29, 0.717) is 6.54 Å². The molecule has 0 spiro atoms. The molecule has 5 heteroatoms. The average Bonchev–Trinajstić information content (AvgIpc) is 2.56. The Bertz CT molecular complexity index is 241. The Morgan fingerprint density at radius 2 is 2.36 bits per heavy atom. The Kier molecular flexibility index (Phi) is 3.57. The number of nitrogens with one attached hydrogen (secondary N) is 1. The zero-order valence-electron chi connectivity index (χ0n) is 7.67. The number of carboxylic acids is 1. The van der Waals surface area contributed by atoms with E-state index in [1.165, 1.54) is 0 Å². The van der Waals surface area contributed by atoms with E-state index in [4.69, 9.17) is 5.11 Å². The van der Waals surface area contributed by atoms with Crippen molar-refractivity contribution in [3.05, 3.63) is 12.2 Å². The van der Waals surface area contributed by atoms with Crippen LogP contribution >= 0.6 is 0 Å². The highest BCUT2D eigenvalue weighted by atomic mass is 19.3. The van der Waals surface area contributed by atoms with Crippen LogP contribution in [0.15, 0.2) is 12.2 Å². The molecule has 0 heterocycles. The monoisotopic (exact) mass is 205 g/mol. The number of aliphatic carboxylic acids is 1. The van der Waals surface area contributed by atoms with Gasteiger partial charge in [-0.2, -0.15) is 8.78 Å². The minimum absolute atomic E-state index is 0.264. The fourth-order valence-electron chi connectivity index (χ4n) is 1.36. The van der Waals surface area contributed by atoms with Crippen molar-refractivity contribution >= 4 is 5.97 Å². The summed E-state index contributed by atoms with van der Waals surface area (Å²) in [6.07, 6.45) is 5.89. The molecule has 0 amide bonds. The highest BCUT2D eigenvalue weighted by Crippen LogP contribution is 2.16. The predicted molar refractivity (Wildman–Crippen MR) is 47.3 cm³/mol. The lowest BCUT2D eigenvalue weighted by molar-refractivity contribution is -0.164. The summed E-state index contributed by atoms with van der Waals surface area (Å²) < 4.78 is 25.1. The first kappa shape index (κ1) is 11.1. The van der Waals surface area contributed by atoms with E-state index in [0.717, 1.165) is 12.8 Å². The smallest absolute Gasteiger partial charge is 0.375 e. The summed E-state index contributed by atoms with van der Waals surface area (Å²) in [4.78, 5) is 10.0. The molecular formula is C9H13F2NO2. The van der Waals surface area contributed by atoms with Crippen molar-refractivity contribution in [2.75, 3.05) is 13.1 Å². The molecule has 2 N–H and O–H groups in total. The molecule has 0 aromatic rings. The van der Waals surface area contributed by atoms with Gasteiger partial charge in [0.15, 0.2) is 0 Å². The van der Waals surface area contributed by atoms with E-state index >= 15 is 0 Å². The molecule has 0 aromatic carbocycles. The summed E-state index contributed by atoms with van der Waals surface area (Å²) in [6.45, 7) is -0.383. The van der Waals surface area contributed by atoms with Crippen LogP contribution in [0.3, 0.4) is 0 Å². The van der Waals surface area contributed by atoms with Crippen LogP contribution in [0.5, 0.6) is 0 Å². The highest BCUT2D eigenvalue weighted by Gasteiger charge is 2.38. The third kappa shape index (κ3) is 3.06. The van der Waals surface area contributed by atoms with Crippen molar-refractivity contribution in [2.24, 2.45) is 5.92 Å². The summed E-state index contributed by atoms with van der Waals surface area (Å²) in [5.41, 5.74) is 0. The lowest BCUT2D eigenvalue weighted by atomic mass is 10.1. The fraction of sp³-hybridized carbons (Fsp3) is 0.667. The number of hydrogen-bond donors (Lipinski definition) is 2. The third-order valence-corrected chi connectivity index (χ3v) is 2.18. The average molecular weight is 205 g/mol. The minimum atomic E-state index is -3.66. The van der Waals surface area contributed by atoms with Gasteiger partial charge >= 0.3 is 11.9 Å². The van der Waals surface area contributed by atoms with Crippen LogP contribution in [-0.4, -0.2) is 30.1 Å². The van der Waals surface area contributed by atoms with E-state index in [9.17, 15) is 13.6 Å². The summed E-state index contributed by atoms with van der Waals surface area (Å²) in [6, 6.07) is 0. The Labute approximate surface area is 80.8 Å². The van der Waals surface area contributed by atoms with Crippen molar-refractivity contribution < 1.29 is 18.7 Å². The molecule has 1 aliphatic carbocycles. The molecule has 1 aliphatic rings. The van der Waals surface area contributed by atoms with Gasteiger partial charge in [0, 0.05) is 6.54 Å². The molecule has 0 saturated carbocycles. The molecule has 0 saturated heterocycles. The number of carbonyl (C=O) groups is 1. The van der Waals surface area contributed by atoms with Crippen molar-refractivity contribution in [1.29, 1.82) is 0 Å². The van der Waals surface area contributed by atoms with Gasteiger partial charge in [-0.15, -0.1) is 0 Å². The first-order valence-corrected chi connectivity index (χ1v) is 4.51. The summed E-state index contributed by atoms with van der Waals surface area (Å²) in [7, 11) is 0.